The van der Waals surface area contributed by atoms with E-state index in [0.717, 1.165) is 28.4 Å². The summed E-state index contributed by atoms with van der Waals surface area (Å²) in [5.41, 5.74) is 2.76. The van der Waals surface area contributed by atoms with Crippen LogP contribution in [0, 0.1) is 0 Å². The van der Waals surface area contributed by atoms with Crippen molar-refractivity contribution in [3.63, 3.8) is 0 Å². The number of nitrogens with one attached hydrogen (secondary N) is 1. The zero-order valence-electron chi connectivity index (χ0n) is 16.0. The number of ether oxygens (including phenoxy) is 1. The van der Waals surface area contributed by atoms with E-state index in [9.17, 15) is 4.79 Å². The van der Waals surface area contributed by atoms with Gasteiger partial charge in [-0.05, 0) is 42.0 Å². The van der Waals surface area contributed by atoms with E-state index in [1.165, 1.54) is 0 Å². The molecule has 3 aromatic rings. The van der Waals surface area contributed by atoms with Crippen LogP contribution in [0.1, 0.15) is 54.1 Å². The van der Waals surface area contributed by atoms with Crippen molar-refractivity contribution in [2.45, 2.75) is 38.1 Å². The Hall–Kier alpha value is -2.25. The molecule has 1 saturated heterocycles. The molecule has 1 aromatic carbocycles. The quantitative estimate of drug-likeness (QED) is 0.661. The van der Waals surface area contributed by atoms with Crippen LogP contribution >= 0.6 is 15.9 Å². The van der Waals surface area contributed by atoms with Crippen LogP contribution in [0.5, 0.6) is 0 Å². The summed E-state index contributed by atoms with van der Waals surface area (Å²) in [5.74, 6) is 0.186. The lowest BCUT2D eigenvalue weighted by Gasteiger charge is -2.38. The Kier molecular flexibility index (Phi) is 5.21. The number of hydrogen-bond donors (Lipinski definition) is 1. The molecule has 1 aliphatic heterocycles. The van der Waals surface area contributed by atoms with Gasteiger partial charge >= 0.3 is 0 Å². The lowest BCUT2D eigenvalue weighted by Crippen LogP contribution is -2.49. The third-order valence-electron chi connectivity index (χ3n) is 5.38. The van der Waals surface area contributed by atoms with Gasteiger partial charge in [0.1, 0.15) is 5.56 Å². The molecule has 0 atom stereocenters. The van der Waals surface area contributed by atoms with Gasteiger partial charge in [0.05, 0.1) is 11.7 Å². The minimum Gasteiger partial charge on any atom is -0.381 e. The second-order valence-corrected chi connectivity index (χ2v) is 8.44. The van der Waals surface area contributed by atoms with Crippen molar-refractivity contribution in [1.82, 2.24) is 19.9 Å². The number of halogens is 1. The average molecular weight is 443 g/mol. The number of rotatable bonds is 4. The molecule has 28 heavy (non-hydrogen) atoms. The van der Waals surface area contributed by atoms with Crippen LogP contribution in [0.25, 0.3) is 5.65 Å². The molecule has 1 aliphatic rings. The highest BCUT2D eigenvalue weighted by molar-refractivity contribution is 9.10. The number of aromatic nitrogens is 3. The van der Waals surface area contributed by atoms with E-state index in [0.29, 0.717) is 30.3 Å². The van der Waals surface area contributed by atoms with Crippen LogP contribution in [0.4, 0.5) is 0 Å². The fraction of sp³-hybridized carbons (Fsp3) is 0.381. The Bertz CT molecular complexity index is 991. The minimum atomic E-state index is -0.456. The summed E-state index contributed by atoms with van der Waals surface area (Å²) in [4.78, 5) is 17.7. The number of benzene rings is 1. The topological polar surface area (TPSA) is 68.5 Å². The van der Waals surface area contributed by atoms with Crippen LogP contribution in [-0.2, 0) is 10.3 Å². The maximum atomic E-state index is 13.2. The molecule has 146 valence electrons. The zero-order valence-corrected chi connectivity index (χ0v) is 17.6. The van der Waals surface area contributed by atoms with Crippen molar-refractivity contribution in [2.75, 3.05) is 13.2 Å². The fourth-order valence-corrected chi connectivity index (χ4v) is 3.87. The van der Waals surface area contributed by atoms with Crippen LogP contribution in [0.2, 0.25) is 0 Å². The summed E-state index contributed by atoms with van der Waals surface area (Å²) in [7, 11) is 0. The number of amides is 1. The minimum absolute atomic E-state index is 0.162. The monoisotopic (exact) mass is 442 g/mol. The fourth-order valence-electron chi connectivity index (χ4n) is 3.61. The molecule has 3 heterocycles. The summed E-state index contributed by atoms with van der Waals surface area (Å²) in [6, 6.07) is 8.12. The van der Waals surface area contributed by atoms with Crippen LogP contribution in [0.15, 0.2) is 47.3 Å². The Balaban J connectivity index is 1.66. The maximum Gasteiger partial charge on any atom is 0.257 e. The molecule has 0 unspecified atom stereocenters. The molecule has 1 N–H and O–H groups in total. The number of hydrogen-bond acceptors (Lipinski definition) is 4. The number of carbonyl (C=O) groups is 1. The Morgan fingerprint density at radius 2 is 1.93 bits per heavy atom. The van der Waals surface area contributed by atoms with E-state index >= 15 is 0 Å². The van der Waals surface area contributed by atoms with E-state index < -0.39 is 5.54 Å². The Labute approximate surface area is 172 Å². The van der Waals surface area contributed by atoms with Gasteiger partial charge in [0, 0.05) is 30.1 Å². The van der Waals surface area contributed by atoms with Crippen LogP contribution in [0.3, 0.4) is 0 Å². The number of nitrogens with zero attached hydrogens (tertiary/aromatic N) is 3. The maximum absolute atomic E-state index is 13.2. The van der Waals surface area contributed by atoms with Gasteiger partial charge in [0.25, 0.3) is 5.91 Å². The first kappa shape index (κ1) is 19.1. The average Bonchev–Trinajstić information content (AvgIpc) is 3.12. The molecule has 0 aliphatic carbocycles. The second kappa shape index (κ2) is 7.64. The highest BCUT2D eigenvalue weighted by Gasteiger charge is 2.36. The molecule has 1 fully saturated rings. The molecule has 0 saturated carbocycles. The van der Waals surface area contributed by atoms with Gasteiger partial charge in [-0.1, -0.05) is 41.9 Å². The van der Waals surface area contributed by atoms with Crippen molar-refractivity contribution in [1.29, 1.82) is 0 Å². The second-order valence-electron chi connectivity index (χ2n) is 7.52. The van der Waals surface area contributed by atoms with E-state index in [1.807, 2.05) is 24.5 Å². The van der Waals surface area contributed by atoms with Crippen molar-refractivity contribution in [3.05, 3.63) is 64.0 Å². The molecule has 4 rings (SSSR count). The summed E-state index contributed by atoms with van der Waals surface area (Å²) in [6.45, 7) is 5.43. The van der Waals surface area contributed by atoms with Crippen molar-refractivity contribution >= 4 is 27.5 Å². The van der Waals surface area contributed by atoms with E-state index in [4.69, 9.17) is 4.74 Å². The van der Waals surface area contributed by atoms with E-state index in [2.05, 4.69) is 57.3 Å². The summed E-state index contributed by atoms with van der Waals surface area (Å²) in [5, 5.41) is 7.62. The molecular weight excluding hydrogens is 420 g/mol. The van der Waals surface area contributed by atoms with Crippen molar-refractivity contribution in [2.24, 2.45) is 0 Å². The summed E-state index contributed by atoms with van der Waals surface area (Å²) >= 11 is 3.48. The SMILES string of the molecule is CC(C)c1cnc2c(C(=O)NC3(c4ccc(Br)cc4)CCOCC3)cnn2c1. The highest BCUT2D eigenvalue weighted by atomic mass is 79.9. The third-order valence-corrected chi connectivity index (χ3v) is 5.91. The van der Waals surface area contributed by atoms with E-state index in [1.54, 1.807) is 10.7 Å². The Morgan fingerprint density at radius 1 is 1.21 bits per heavy atom. The van der Waals surface area contributed by atoms with Gasteiger partial charge in [0.15, 0.2) is 5.65 Å². The van der Waals surface area contributed by atoms with Gasteiger partial charge in [-0.15, -0.1) is 0 Å². The molecule has 1 amide bonds. The molecule has 6 nitrogen and oxygen atoms in total. The van der Waals surface area contributed by atoms with Crippen LogP contribution in [-0.4, -0.2) is 33.7 Å². The summed E-state index contributed by atoms with van der Waals surface area (Å²) < 4.78 is 8.25. The smallest absolute Gasteiger partial charge is 0.257 e. The summed E-state index contributed by atoms with van der Waals surface area (Å²) in [6.07, 6.45) is 6.80. The molecule has 7 heteroatoms. The van der Waals surface area contributed by atoms with E-state index in [-0.39, 0.29) is 5.91 Å². The number of fused-ring (bicyclic) bond motifs is 1. The van der Waals surface area contributed by atoms with Gasteiger partial charge in [-0.3, -0.25) is 4.79 Å². The molecule has 0 spiro atoms. The first-order valence-corrected chi connectivity index (χ1v) is 10.3. The van der Waals surface area contributed by atoms with Crippen molar-refractivity contribution in [3.8, 4) is 0 Å². The largest absolute Gasteiger partial charge is 0.381 e. The molecular formula is C21H23BrN4O2. The molecule has 2 aromatic heterocycles. The lowest BCUT2D eigenvalue weighted by atomic mass is 9.82. The third kappa shape index (κ3) is 3.56. The predicted octanol–water partition coefficient (Wildman–Crippen LogP) is 4.05. The van der Waals surface area contributed by atoms with Gasteiger partial charge in [-0.2, -0.15) is 5.10 Å². The highest BCUT2D eigenvalue weighted by Crippen LogP contribution is 2.33. The lowest BCUT2D eigenvalue weighted by molar-refractivity contribution is 0.0346. The normalized spacial score (nSPS) is 16.4. The molecule has 0 bridgehead atoms. The zero-order chi connectivity index (χ0) is 19.7. The number of carbonyl (C=O) groups excluding carboxylic acids is 1. The molecule has 0 radical (unpaired) electrons. The van der Waals surface area contributed by atoms with Gasteiger partial charge in [0.2, 0.25) is 0 Å². The van der Waals surface area contributed by atoms with Gasteiger partial charge in [-0.25, -0.2) is 9.50 Å². The first-order valence-electron chi connectivity index (χ1n) is 9.48. The van der Waals surface area contributed by atoms with Gasteiger partial charge < -0.3 is 10.1 Å². The first-order chi connectivity index (χ1) is 13.5. The predicted molar refractivity (Wildman–Crippen MR) is 110 cm³/mol. The van der Waals surface area contributed by atoms with Crippen LogP contribution < -0.4 is 5.32 Å². The van der Waals surface area contributed by atoms with Crippen molar-refractivity contribution < 1.29 is 9.53 Å². The Morgan fingerprint density at radius 3 is 2.61 bits per heavy atom. The standard InChI is InChI=1S/C21H23BrN4O2/c1-14(2)15-11-23-19-18(12-24-26(19)13-15)20(27)25-21(7-9-28-10-8-21)16-3-5-17(22)6-4-16/h3-6,11-14H,7-10H2,1-2H3,(H,25,27).